The average Bonchev–Trinajstić information content (AvgIpc) is 3.69. The first-order valence-electron chi connectivity index (χ1n) is 26.5. The molecule has 0 bridgehead atoms. The number of hydrogen-bond acceptors (Lipinski definition) is 2. The Bertz CT molecular complexity index is 3940. The fourth-order valence-electron chi connectivity index (χ4n) is 12.3. The molecule has 11 aromatic rings. The standard InChI is InChI=1S/C72H57FN2/c1-48-42-53(49-22-8-4-9-23-49)36-41-68(48)75(56-31-14-7-15-32-56)69-47-66-70(62-35-21-20-34-61(62)69)63-40-38-58(46-65(63)72(66,2)3)74(57-37-39-60-54(43-57)30-17-16-28-51-29-18-19-33-59(51)60)71-64(52-26-12-6-13-27-52)44-55(45-67(71)73)50-24-10-5-11-25-50/h4-15,18-27,29,31-47H,16-17,28,30H2,1-3H3. The Morgan fingerprint density at radius 3 is 1.65 bits per heavy atom. The van der Waals surface area contributed by atoms with Gasteiger partial charge in [-0.2, -0.15) is 0 Å². The summed E-state index contributed by atoms with van der Waals surface area (Å²) < 4.78 is 18.1. The number of hydrogen-bond donors (Lipinski definition) is 0. The predicted octanol–water partition coefficient (Wildman–Crippen LogP) is 20.1. The van der Waals surface area contributed by atoms with Gasteiger partial charge in [0.15, 0.2) is 0 Å². The normalized spacial score (nSPS) is 13.2. The third kappa shape index (κ3) is 8.11. The van der Waals surface area contributed by atoms with Gasteiger partial charge in [-0.3, -0.25) is 0 Å². The second kappa shape index (κ2) is 18.9. The number of fused-ring (bicyclic) bond motifs is 8. The Labute approximate surface area is 440 Å². The van der Waals surface area contributed by atoms with E-state index in [1.54, 1.807) is 6.07 Å². The summed E-state index contributed by atoms with van der Waals surface area (Å²) in [5.41, 5.74) is 22.6. The lowest BCUT2D eigenvalue weighted by molar-refractivity contribution is 0.629. The molecule has 2 aliphatic rings. The Kier molecular flexibility index (Phi) is 11.6. The van der Waals surface area contributed by atoms with Gasteiger partial charge in [-0.1, -0.05) is 190 Å². The molecule has 0 atom stereocenters. The van der Waals surface area contributed by atoms with Crippen LogP contribution in [-0.4, -0.2) is 0 Å². The average molecular weight is 969 g/mol. The lowest BCUT2D eigenvalue weighted by Crippen LogP contribution is -2.19. The SMILES string of the molecule is Cc1cc(-c2ccccc2)ccc1N(c1ccccc1)c1cc2c(c3ccccc13)-c1ccc(N(c3ccc4c(c3)CCCCc3ccccc3-4)c3c(F)cc(-c4ccccc4)cc3-c3ccccc3)cc1C2(C)C. The fraction of sp³-hybridized carbons (Fsp3) is 0.111. The number of para-hydroxylation sites is 1. The van der Waals surface area contributed by atoms with Crippen molar-refractivity contribution in [3.8, 4) is 55.6 Å². The van der Waals surface area contributed by atoms with Crippen LogP contribution < -0.4 is 9.80 Å². The van der Waals surface area contributed by atoms with Crippen molar-refractivity contribution in [2.45, 2.75) is 51.9 Å². The smallest absolute Gasteiger partial charge is 0.148 e. The largest absolute Gasteiger partial charge is 0.310 e. The number of aryl methyl sites for hydroxylation is 3. The summed E-state index contributed by atoms with van der Waals surface area (Å²) in [5, 5.41) is 2.38. The van der Waals surface area contributed by atoms with E-state index in [2.05, 4.69) is 231 Å². The van der Waals surface area contributed by atoms with E-state index >= 15 is 4.39 Å². The third-order valence-corrected chi connectivity index (χ3v) is 16.0. The molecule has 0 aliphatic heterocycles. The van der Waals surface area contributed by atoms with Gasteiger partial charge in [0.2, 0.25) is 0 Å². The van der Waals surface area contributed by atoms with Gasteiger partial charge >= 0.3 is 0 Å². The molecule has 0 radical (unpaired) electrons. The zero-order chi connectivity index (χ0) is 50.6. The quantitative estimate of drug-likeness (QED) is 0.142. The topological polar surface area (TPSA) is 6.48 Å². The van der Waals surface area contributed by atoms with Gasteiger partial charge in [-0.25, -0.2) is 4.39 Å². The maximum absolute atomic E-state index is 18.1. The molecule has 0 fully saturated rings. The summed E-state index contributed by atoms with van der Waals surface area (Å²) in [6.07, 6.45) is 4.23. The Hall–Kier alpha value is -8.79. The van der Waals surface area contributed by atoms with Crippen LogP contribution in [-0.2, 0) is 18.3 Å². The van der Waals surface area contributed by atoms with Crippen molar-refractivity contribution in [2.75, 3.05) is 9.80 Å². The van der Waals surface area contributed by atoms with Crippen LogP contribution in [0.4, 0.5) is 38.5 Å². The fourth-order valence-corrected chi connectivity index (χ4v) is 12.3. The van der Waals surface area contributed by atoms with Gasteiger partial charge in [-0.05, 0) is 183 Å². The zero-order valence-corrected chi connectivity index (χ0v) is 42.7. The van der Waals surface area contributed by atoms with E-state index in [4.69, 9.17) is 0 Å². The summed E-state index contributed by atoms with van der Waals surface area (Å²) in [6.45, 7) is 6.96. The second-order valence-electron chi connectivity index (χ2n) is 20.9. The molecule has 0 unspecified atom stereocenters. The molecule has 3 heteroatoms. The summed E-state index contributed by atoms with van der Waals surface area (Å²) in [7, 11) is 0. The maximum Gasteiger partial charge on any atom is 0.148 e. The van der Waals surface area contributed by atoms with E-state index in [0.717, 1.165) is 76.4 Å². The lowest BCUT2D eigenvalue weighted by Gasteiger charge is -2.32. The first-order chi connectivity index (χ1) is 36.8. The molecule has 0 saturated heterocycles. The van der Waals surface area contributed by atoms with Crippen LogP contribution >= 0.6 is 0 Å². The molecular weight excluding hydrogens is 912 g/mol. The summed E-state index contributed by atoms with van der Waals surface area (Å²) in [6, 6.07) is 86.6. The predicted molar refractivity (Wildman–Crippen MR) is 314 cm³/mol. The molecule has 0 heterocycles. The first-order valence-corrected chi connectivity index (χ1v) is 26.5. The highest BCUT2D eigenvalue weighted by Gasteiger charge is 2.39. The van der Waals surface area contributed by atoms with Gasteiger partial charge in [-0.15, -0.1) is 0 Å². The third-order valence-electron chi connectivity index (χ3n) is 16.0. The van der Waals surface area contributed by atoms with Gasteiger partial charge in [0, 0.05) is 39.1 Å². The van der Waals surface area contributed by atoms with Crippen LogP contribution in [0.1, 0.15) is 54.5 Å². The number of anilines is 6. The van der Waals surface area contributed by atoms with E-state index in [1.807, 2.05) is 36.4 Å². The molecule has 75 heavy (non-hydrogen) atoms. The minimum atomic E-state index is -0.437. The van der Waals surface area contributed by atoms with Crippen LogP contribution in [0.15, 0.2) is 243 Å². The molecule has 2 nitrogen and oxygen atoms in total. The summed E-state index contributed by atoms with van der Waals surface area (Å²) in [5.74, 6) is -0.279. The monoisotopic (exact) mass is 968 g/mol. The van der Waals surface area contributed by atoms with Crippen molar-refractivity contribution in [3.63, 3.8) is 0 Å². The molecule has 13 rings (SSSR count). The molecule has 362 valence electrons. The van der Waals surface area contributed by atoms with Crippen LogP contribution in [0.25, 0.3) is 66.4 Å². The molecule has 0 saturated carbocycles. The van der Waals surface area contributed by atoms with Crippen molar-refractivity contribution < 1.29 is 4.39 Å². The summed E-state index contributed by atoms with van der Waals surface area (Å²) in [4.78, 5) is 4.66. The molecule has 0 N–H and O–H groups in total. The van der Waals surface area contributed by atoms with E-state index in [-0.39, 0.29) is 5.82 Å². The van der Waals surface area contributed by atoms with E-state index < -0.39 is 5.41 Å². The highest BCUT2D eigenvalue weighted by Crippen LogP contribution is 2.57. The minimum Gasteiger partial charge on any atom is -0.310 e. The van der Waals surface area contributed by atoms with Crippen LogP contribution in [0.3, 0.4) is 0 Å². The Morgan fingerprint density at radius 2 is 0.947 bits per heavy atom. The molecule has 2 aliphatic carbocycles. The van der Waals surface area contributed by atoms with Crippen LogP contribution in [0, 0.1) is 12.7 Å². The highest BCUT2D eigenvalue weighted by atomic mass is 19.1. The lowest BCUT2D eigenvalue weighted by atomic mass is 9.81. The zero-order valence-electron chi connectivity index (χ0n) is 42.7. The second-order valence-corrected chi connectivity index (χ2v) is 20.9. The molecule has 0 amide bonds. The highest BCUT2D eigenvalue weighted by molar-refractivity contribution is 6.10. The Morgan fingerprint density at radius 1 is 0.373 bits per heavy atom. The van der Waals surface area contributed by atoms with Gasteiger partial charge in [0.05, 0.1) is 11.4 Å². The van der Waals surface area contributed by atoms with Crippen molar-refractivity contribution in [1.82, 2.24) is 0 Å². The number of halogens is 1. The number of nitrogens with zero attached hydrogens (tertiary/aromatic N) is 2. The van der Waals surface area contributed by atoms with Gasteiger partial charge in [0.25, 0.3) is 0 Å². The van der Waals surface area contributed by atoms with Crippen LogP contribution in [0.5, 0.6) is 0 Å². The van der Waals surface area contributed by atoms with E-state index in [0.29, 0.717) is 5.69 Å². The molecular formula is C72H57FN2. The molecule has 11 aromatic carbocycles. The minimum absolute atomic E-state index is 0.279. The summed E-state index contributed by atoms with van der Waals surface area (Å²) >= 11 is 0. The van der Waals surface area contributed by atoms with Gasteiger partial charge in [0.1, 0.15) is 5.82 Å². The Balaban J connectivity index is 1.01. The van der Waals surface area contributed by atoms with Crippen molar-refractivity contribution in [1.29, 1.82) is 0 Å². The maximum atomic E-state index is 18.1. The number of benzene rings is 11. The van der Waals surface area contributed by atoms with Crippen molar-refractivity contribution >= 4 is 44.9 Å². The molecule has 0 spiro atoms. The van der Waals surface area contributed by atoms with E-state index in [9.17, 15) is 0 Å². The van der Waals surface area contributed by atoms with Crippen molar-refractivity contribution in [2.24, 2.45) is 0 Å². The van der Waals surface area contributed by atoms with Crippen LogP contribution in [0.2, 0.25) is 0 Å². The molecule has 0 aromatic heterocycles. The van der Waals surface area contributed by atoms with Crippen molar-refractivity contribution in [3.05, 3.63) is 276 Å². The number of rotatable bonds is 9. The van der Waals surface area contributed by atoms with Gasteiger partial charge < -0.3 is 9.80 Å². The van der Waals surface area contributed by atoms with E-state index in [1.165, 1.54) is 72.0 Å². The first kappa shape index (κ1) is 46.0.